The highest BCUT2D eigenvalue weighted by Gasteiger charge is 2.28. The lowest BCUT2D eigenvalue weighted by atomic mass is 10.0. The van der Waals surface area contributed by atoms with Crippen LogP contribution in [-0.2, 0) is 4.79 Å². The lowest BCUT2D eigenvalue weighted by molar-refractivity contribution is -0.155. The van der Waals surface area contributed by atoms with E-state index in [1.54, 1.807) is 24.3 Å². The number of nitrogens with two attached hydrogens (primary N) is 1. The van der Waals surface area contributed by atoms with Gasteiger partial charge in [0.1, 0.15) is 11.6 Å². The minimum absolute atomic E-state index is 0.0351. The number of amidine groups is 1. The molecule has 2 aromatic rings. The summed E-state index contributed by atoms with van der Waals surface area (Å²) in [5, 5.41) is 20.1. The first-order valence-electron chi connectivity index (χ1n) is 8.44. The fraction of sp³-hybridized carbons (Fsp3) is 0.263. The van der Waals surface area contributed by atoms with Crippen molar-refractivity contribution in [3.05, 3.63) is 54.1 Å². The Bertz CT molecular complexity index is 768. The molecule has 1 atom stereocenters. The summed E-state index contributed by atoms with van der Waals surface area (Å²) in [4.78, 5) is 13.4. The Morgan fingerprint density at radius 1 is 1.08 bits per heavy atom. The first kappa shape index (κ1) is 17.9. The first-order chi connectivity index (χ1) is 12.5. The number of nitrogens with zero attached hydrogens (tertiary/aromatic N) is 1. The number of rotatable bonds is 6. The third-order valence-electron chi connectivity index (χ3n) is 4.33. The van der Waals surface area contributed by atoms with E-state index in [1.165, 1.54) is 0 Å². The third kappa shape index (κ3) is 4.19. The number of ether oxygens (including phenoxy) is 1. The Morgan fingerprint density at radius 3 is 2.12 bits per heavy atom. The van der Waals surface area contributed by atoms with Crippen LogP contribution in [0.15, 0.2) is 48.5 Å². The molecule has 1 aliphatic heterocycles. The van der Waals surface area contributed by atoms with Crippen molar-refractivity contribution in [2.75, 3.05) is 26.2 Å². The third-order valence-corrected chi connectivity index (χ3v) is 4.33. The van der Waals surface area contributed by atoms with Gasteiger partial charge in [-0.05, 0) is 23.3 Å². The summed E-state index contributed by atoms with van der Waals surface area (Å²) in [5.41, 5.74) is 8.10. The molecule has 7 nitrogen and oxygen atoms in total. The molecule has 26 heavy (non-hydrogen) atoms. The second-order valence-corrected chi connectivity index (χ2v) is 6.11. The standard InChI is InChI=1S/C19H22N4O3/c20-17(21)15-3-1-13(2-4-15)14-5-7-16(8-6-14)26-18(19(24)25)23-11-9-22-10-12-23/h1-8,18,22H,9-12H2,(H3,20,21)(H,24,25). The van der Waals surface area contributed by atoms with Crippen LogP contribution in [0.4, 0.5) is 0 Å². The molecule has 0 saturated carbocycles. The maximum Gasteiger partial charge on any atom is 0.360 e. The number of nitrogen functional groups attached to an aromatic ring is 1. The fourth-order valence-corrected chi connectivity index (χ4v) is 2.89. The lowest BCUT2D eigenvalue weighted by Gasteiger charge is -2.32. The zero-order chi connectivity index (χ0) is 18.5. The van der Waals surface area contributed by atoms with Crippen molar-refractivity contribution >= 4 is 11.8 Å². The van der Waals surface area contributed by atoms with E-state index in [-0.39, 0.29) is 5.84 Å². The molecule has 0 amide bonds. The average Bonchev–Trinajstić information content (AvgIpc) is 2.67. The molecule has 1 fully saturated rings. The number of nitrogens with one attached hydrogen (secondary N) is 2. The summed E-state index contributed by atoms with van der Waals surface area (Å²) in [6.07, 6.45) is -0.988. The van der Waals surface area contributed by atoms with Crippen molar-refractivity contribution in [2.24, 2.45) is 5.73 Å². The van der Waals surface area contributed by atoms with Gasteiger partial charge in [-0.1, -0.05) is 36.4 Å². The van der Waals surface area contributed by atoms with Gasteiger partial charge < -0.3 is 20.9 Å². The van der Waals surface area contributed by atoms with Gasteiger partial charge in [0.15, 0.2) is 0 Å². The van der Waals surface area contributed by atoms with Crippen LogP contribution in [0.1, 0.15) is 5.56 Å². The lowest BCUT2D eigenvalue weighted by Crippen LogP contribution is -2.53. The maximum absolute atomic E-state index is 11.6. The van der Waals surface area contributed by atoms with Crippen molar-refractivity contribution in [3.8, 4) is 16.9 Å². The number of aliphatic carboxylic acids is 1. The Hall–Kier alpha value is -2.90. The van der Waals surface area contributed by atoms with Crippen LogP contribution in [0.3, 0.4) is 0 Å². The second kappa shape index (κ2) is 7.99. The first-order valence-corrected chi connectivity index (χ1v) is 8.44. The van der Waals surface area contributed by atoms with Gasteiger partial charge in [0.05, 0.1) is 0 Å². The molecule has 1 saturated heterocycles. The molecule has 0 bridgehead atoms. The highest BCUT2D eigenvalue weighted by atomic mass is 16.5. The molecule has 1 unspecified atom stereocenters. The van der Waals surface area contributed by atoms with E-state index < -0.39 is 12.2 Å². The van der Waals surface area contributed by atoms with Crippen molar-refractivity contribution in [1.82, 2.24) is 10.2 Å². The number of carbonyl (C=O) groups is 1. The summed E-state index contributed by atoms with van der Waals surface area (Å²) >= 11 is 0. The summed E-state index contributed by atoms with van der Waals surface area (Å²) in [6.45, 7) is 2.78. The molecule has 7 heteroatoms. The number of piperazine rings is 1. The molecular formula is C19H22N4O3. The Balaban J connectivity index is 1.71. The summed E-state index contributed by atoms with van der Waals surface area (Å²) in [6, 6.07) is 14.7. The number of carboxylic acid groups (broad SMARTS) is 1. The van der Waals surface area contributed by atoms with Crippen LogP contribution < -0.4 is 15.8 Å². The summed E-state index contributed by atoms with van der Waals surface area (Å²) in [7, 11) is 0. The van der Waals surface area contributed by atoms with Gasteiger partial charge in [-0.3, -0.25) is 10.3 Å². The molecule has 0 radical (unpaired) electrons. The van der Waals surface area contributed by atoms with E-state index in [1.807, 2.05) is 29.2 Å². The summed E-state index contributed by atoms with van der Waals surface area (Å²) in [5.74, 6) is -0.441. The van der Waals surface area contributed by atoms with Crippen molar-refractivity contribution in [1.29, 1.82) is 5.41 Å². The molecule has 5 N–H and O–H groups in total. The number of benzene rings is 2. The van der Waals surface area contributed by atoms with E-state index in [4.69, 9.17) is 15.9 Å². The highest BCUT2D eigenvalue weighted by molar-refractivity contribution is 5.95. The van der Waals surface area contributed by atoms with Gasteiger partial charge in [-0.15, -0.1) is 0 Å². The molecule has 136 valence electrons. The predicted octanol–water partition coefficient (Wildman–Crippen LogP) is 1.33. The van der Waals surface area contributed by atoms with Crippen molar-refractivity contribution < 1.29 is 14.6 Å². The molecule has 2 aromatic carbocycles. The van der Waals surface area contributed by atoms with Crippen LogP contribution in [0.2, 0.25) is 0 Å². The molecule has 0 aromatic heterocycles. The Labute approximate surface area is 151 Å². The minimum atomic E-state index is -0.990. The van der Waals surface area contributed by atoms with Crippen LogP contribution in [-0.4, -0.2) is 54.2 Å². The molecule has 1 aliphatic rings. The van der Waals surface area contributed by atoms with Crippen LogP contribution in [0, 0.1) is 5.41 Å². The van der Waals surface area contributed by atoms with Crippen LogP contribution >= 0.6 is 0 Å². The molecular weight excluding hydrogens is 332 g/mol. The Kier molecular flexibility index (Phi) is 5.50. The topological polar surface area (TPSA) is 112 Å². The van der Waals surface area contributed by atoms with E-state index in [2.05, 4.69) is 5.32 Å². The van der Waals surface area contributed by atoms with E-state index in [9.17, 15) is 9.90 Å². The van der Waals surface area contributed by atoms with E-state index in [0.717, 1.165) is 24.2 Å². The molecule has 0 aliphatic carbocycles. The Morgan fingerprint density at radius 2 is 1.62 bits per heavy atom. The number of hydrogen-bond acceptors (Lipinski definition) is 5. The van der Waals surface area contributed by atoms with Gasteiger partial charge >= 0.3 is 5.97 Å². The molecule has 3 rings (SSSR count). The summed E-state index contributed by atoms with van der Waals surface area (Å²) < 4.78 is 5.71. The average molecular weight is 354 g/mol. The van der Waals surface area contributed by atoms with Gasteiger partial charge in [-0.25, -0.2) is 4.79 Å². The second-order valence-electron chi connectivity index (χ2n) is 6.11. The van der Waals surface area contributed by atoms with E-state index in [0.29, 0.717) is 24.4 Å². The largest absolute Gasteiger partial charge is 0.477 e. The van der Waals surface area contributed by atoms with Gasteiger partial charge in [0.2, 0.25) is 0 Å². The predicted molar refractivity (Wildman–Crippen MR) is 99.4 cm³/mol. The smallest absolute Gasteiger partial charge is 0.360 e. The molecule has 1 heterocycles. The van der Waals surface area contributed by atoms with Crippen molar-refractivity contribution in [2.45, 2.75) is 6.23 Å². The monoisotopic (exact) mass is 354 g/mol. The fourth-order valence-electron chi connectivity index (χ4n) is 2.89. The highest BCUT2D eigenvalue weighted by Crippen LogP contribution is 2.24. The maximum atomic E-state index is 11.6. The van der Waals surface area contributed by atoms with Gasteiger partial charge in [0.25, 0.3) is 6.23 Å². The van der Waals surface area contributed by atoms with Crippen LogP contribution in [0.25, 0.3) is 11.1 Å². The van der Waals surface area contributed by atoms with Crippen molar-refractivity contribution in [3.63, 3.8) is 0 Å². The normalized spacial score (nSPS) is 16.0. The van der Waals surface area contributed by atoms with Gasteiger partial charge in [-0.2, -0.15) is 0 Å². The zero-order valence-electron chi connectivity index (χ0n) is 14.3. The zero-order valence-corrected chi connectivity index (χ0v) is 14.3. The minimum Gasteiger partial charge on any atom is -0.477 e. The van der Waals surface area contributed by atoms with E-state index >= 15 is 0 Å². The van der Waals surface area contributed by atoms with Crippen LogP contribution in [0.5, 0.6) is 5.75 Å². The number of carboxylic acids is 1. The molecule has 0 spiro atoms. The SMILES string of the molecule is N=C(N)c1ccc(-c2ccc(OC(C(=O)O)N3CCNCC3)cc2)cc1. The number of hydrogen-bond donors (Lipinski definition) is 4. The quantitative estimate of drug-likeness (QED) is 0.460. The van der Waals surface area contributed by atoms with Gasteiger partial charge in [0, 0.05) is 31.7 Å².